The standard InChI is InChI=1S/C6H15NS/c1-5(7)6(2,3)8-4/h5H,7H2,1-4H3/t5-/m0/s1. The molecule has 1 atom stereocenters. The Hall–Kier alpha value is 0.310. The minimum Gasteiger partial charge on any atom is -0.327 e. The molecule has 0 aliphatic heterocycles. The van der Waals surface area contributed by atoms with Gasteiger partial charge in [-0.2, -0.15) is 11.8 Å². The summed E-state index contributed by atoms with van der Waals surface area (Å²) >= 11 is 1.81. The van der Waals surface area contributed by atoms with Gasteiger partial charge in [-0.1, -0.05) is 0 Å². The summed E-state index contributed by atoms with van der Waals surface area (Å²) in [5.41, 5.74) is 5.66. The largest absolute Gasteiger partial charge is 0.327 e. The molecular formula is C6H15NS. The maximum absolute atomic E-state index is 5.66. The van der Waals surface area contributed by atoms with Crippen molar-refractivity contribution in [3.63, 3.8) is 0 Å². The van der Waals surface area contributed by atoms with Gasteiger partial charge in [0, 0.05) is 10.8 Å². The van der Waals surface area contributed by atoms with Gasteiger partial charge in [-0.15, -0.1) is 0 Å². The van der Waals surface area contributed by atoms with Gasteiger partial charge in [0.1, 0.15) is 0 Å². The molecule has 0 spiro atoms. The van der Waals surface area contributed by atoms with Crippen molar-refractivity contribution in [3.05, 3.63) is 0 Å². The van der Waals surface area contributed by atoms with Gasteiger partial charge >= 0.3 is 0 Å². The highest BCUT2D eigenvalue weighted by atomic mass is 32.2. The molecule has 0 bridgehead atoms. The van der Waals surface area contributed by atoms with E-state index in [2.05, 4.69) is 20.1 Å². The van der Waals surface area contributed by atoms with E-state index in [4.69, 9.17) is 5.73 Å². The summed E-state index contributed by atoms with van der Waals surface area (Å²) in [5, 5.41) is 0. The third-order valence-electron chi connectivity index (χ3n) is 1.62. The minimum atomic E-state index is 0.236. The summed E-state index contributed by atoms with van der Waals surface area (Å²) in [4.78, 5) is 0. The average molecular weight is 133 g/mol. The highest BCUT2D eigenvalue weighted by Gasteiger charge is 2.20. The fourth-order valence-electron chi connectivity index (χ4n) is 0.186. The Morgan fingerprint density at radius 1 is 1.50 bits per heavy atom. The summed E-state index contributed by atoms with van der Waals surface area (Å²) in [5.74, 6) is 0. The van der Waals surface area contributed by atoms with Gasteiger partial charge < -0.3 is 5.73 Å². The zero-order valence-electron chi connectivity index (χ0n) is 6.06. The van der Waals surface area contributed by atoms with E-state index in [1.54, 1.807) is 0 Å². The highest BCUT2D eigenvalue weighted by Crippen LogP contribution is 2.23. The Balaban J connectivity index is 3.71. The molecule has 0 fully saturated rings. The molecule has 8 heavy (non-hydrogen) atoms. The topological polar surface area (TPSA) is 26.0 Å². The molecule has 0 heterocycles. The number of nitrogens with two attached hydrogens (primary N) is 1. The molecule has 0 rings (SSSR count). The first-order valence-corrected chi connectivity index (χ1v) is 4.04. The van der Waals surface area contributed by atoms with Crippen LogP contribution in [0.25, 0.3) is 0 Å². The predicted molar refractivity (Wildman–Crippen MR) is 41.2 cm³/mol. The van der Waals surface area contributed by atoms with E-state index in [1.165, 1.54) is 0 Å². The number of rotatable bonds is 2. The molecule has 0 unspecified atom stereocenters. The van der Waals surface area contributed by atoms with Gasteiger partial charge in [-0.05, 0) is 27.0 Å². The Kier molecular flexibility index (Phi) is 2.84. The first-order chi connectivity index (χ1) is 3.50. The molecular weight excluding hydrogens is 118 g/mol. The van der Waals surface area contributed by atoms with E-state index >= 15 is 0 Å². The second-order valence-corrected chi connectivity index (χ2v) is 4.06. The molecule has 0 aromatic carbocycles. The van der Waals surface area contributed by atoms with Crippen LogP contribution in [-0.4, -0.2) is 17.0 Å². The number of hydrogen-bond acceptors (Lipinski definition) is 2. The Labute approximate surface area is 56.0 Å². The molecule has 0 saturated carbocycles. The van der Waals surface area contributed by atoms with Crippen molar-refractivity contribution in [1.29, 1.82) is 0 Å². The highest BCUT2D eigenvalue weighted by molar-refractivity contribution is 8.00. The lowest BCUT2D eigenvalue weighted by Crippen LogP contribution is -2.37. The van der Waals surface area contributed by atoms with Crippen LogP contribution in [0.5, 0.6) is 0 Å². The SMILES string of the molecule is CSC(C)(C)[C@H](C)N. The normalized spacial score (nSPS) is 16.1. The fraction of sp³-hybridized carbons (Fsp3) is 1.00. The molecule has 2 heteroatoms. The van der Waals surface area contributed by atoms with E-state index < -0.39 is 0 Å². The summed E-state index contributed by atoms with van der Waals surface area (Å²) in [6.07, 6.45) is 2.09. The molecule has 0 aliphatic carbocycles. The first-order valence-electron chi connectivity index (χ1n) is 2.81. The minimum absolute atomic E-state index is 0.236. The van der Waals surface area contributed by atoms with Crippen LogP contribution >= 0.6 is 11.8 Å². The lowest BCUT2D eigenvalue weighted by atomic mass is 10.1. The first kappa shape index (κ1) is 8.31. The van der Waals surface area contributed by atoms with Crippen molar-refractivity contribution in [2.45, 2.75) is 31.6 Å². The van der Waals surface area contributed by atoms with Crippen LogP contribution in [0.1, 0.15) is 20.8 Å². The van der Waals surface area contributed by atoms with Gasteiger partial charge in [-0.25, -0.2) is 0 Å². The Bertz CT molecular complexity index is 68.9. The second kappa shape index (κ2) is 2.74. The van der Waals surface area contributed by atoms with Crippen LogP contribution in [0.4, 0.5) is 0 Å². The van der Waals surface area contributed by atoms with Crippen LogP contribution in [0.15, 0.2) is 0 Å². The molecule has 50 valence electrons. The lowest BCUT2D eigenvalue weighted by molar-refractivity contribution is 0.579. The van der Waals surface area contributed by atoms with Crippen molar-refractivity contribution in [3.8, 4) is 0 Å². The average Bonchev–Trinajstić information content (AvgIpc) is 1.67. The summed E-state index contributed by atoms with van der Waals surface area (Å²) in [6, 6.07) is 0.275. The molecule has 0 aromatic rings. The zero-order chi connectivity index (χ0) is 6.78. The van der Waals surface area contributed by atoms with Crippen molar-refractivity contribution < 1.29 is 0 Å². The van der Waals surface area contributed by atoms with Gasteiger partial charge in [0.25, 0.3) is 0 Å². The lowest BCUT2D eigenvalue weighted by Gasteiger charge is -2.25. The number of thioether (sulfide) groups is 1. The molecule has 0 saturated heterocycles. The molecule has 0 amide bonds. The summed E-state index contributed by atoms with van der Waals surface area (Å²) in [7, 11) is 0. The van der Waals surface area contributed by atoms with Crippen molar-refractivity contribution in [1.82, 2.24) is 0 Å². The van der Waals surface area contributed by atoms with E-state index in [9.17, 15) is 0 Å². The van der Waals surface area contributed by atoms with E-state index in [0.717, 1.165) is 0 Å². The zero-order valence-corrected chi connectivity index (χ0v) is 6.88. The maximum atomic E-state index is 5.66. The van der Waals surface area contributed by atoms with Gasteiger partial charge in [0.05, 0.1) is 0 Å². The summed E-state index contributed by atoms with van der Waals surface area (Å²) in [6.45, 7) is 6.35. The maximum Gasteiger partial charge on any atom is 0.0249 e. The monoisotopic (exact) mass is 133 g/mol. The Morgan fingerprint density at radius 2 is 1.88 bits per heavy atom. The van der Waals surface area contributed by atoms with Crippen LogP contribution in [0.3, 0.4) is 0 Å². The fourth-order valence-corrected chi connectivity index (χ4v) is 0.558. The van der Waals surface area contributed by atoms with Crippen molar-refractivity contribution in [2.75, 3.05) is 6.26 Å². The van der Waals surface area contributed by atoms with Crippen LogP contribution < -0.4 is 5.73 Å². The van der Waals surface area contributed by atoms with Crippen LogP contribution in [0, 0.1) is 0 Å². The molecule has 0 aromatic heterocycles. The molecule has 0 aliphatic rings. The van der Waals surface area contributed by atoms with Gasteiger partial charge in [0.15, 0.2) is 0 Å². The molecule has 0 radical (unpaired) electrons. The van der Waals surface area contributed by atoms with E-state index in [1.807, 2.05) is 18.7 Å². The third kappa shape index (κ3) is 2.05. The molecule has 1 nitrogen and oxygen atoms in total. The van der Waals surface area contributed by atoms with Crippen molar-refractivity contribution >= 4 is 11.8 Å². The summed E-state index contributed by atoms with van der Waals surface area (Å²) < 4.78 is 0.236. The van der Waals surface area contributed by atoms with E-state index in [0.29, 0.717) is 0 Å². The van der Waals surface area contributed by atoms with Crippen molar-refractivity contribution in [2.24, 2.45) is 5.73 Å². The third-order valence-corrected chi connectivity index (χ3v) is 3.05. The second-order valence-electron chi connectivity index (χ2n) is 2.60. The van der Waals surface area contributed by atoms with Gasteiger partial charge in [-0.3, -0.25) is 0 Å². The van der Waals surface area contributed by atoms with E-state index in [-0.39, 0.29) is 10.8 Å². The predicted octanol–water partition coefficient (Wildman–Crippen LogP) is 1.48. The smallest absolute Gasteiger partial charge is 0.0249 e. The van der Waals surface area contributed by atoms with Crippen LogP contribution in [0.2, 0.25) is 0 Å². The Morgan fingerprint density at radius 3 is 1.88 bits per heavy atom. The van der Waals surface area contributed by atoms with Crippen LogP contribution in [-0.2, 0) is 0 Å². The van der Waals surface area contributed by atoms with Gasteiger partial charge in [0.2, 0.25) is 0 Å². The number of hydrogen-bond donors (Lipinski definition) is 1. The quantitative estimate of drug-likeness (QED) is 0.617. The molecule has 2 N–H and O–H groups in total.